The Morgan fingerprint density at radius 3 is 2.12 bits per heavy atom. The molecule has 0 saturated carbocycles. The molecule has 1 aliphatic carbocycles. The number of ketones is 1. The second-order valence-corrected chi connectivity index (χ2v) is 5.11. The molecule has 1 unspecified atom stereocenters. The van der Waals surface area contributed by atoms with Gasteiger partial charge in [-0.1, -0.05) is 67.9 Å². The Hall–Kier alpha value is -0.630. The van der Waals surface area contributed by atoms with Crippen LogP contribution < -0.4 is 0 Å². The summed E-state index contributed by atoms with van der Waals surface area (Å²) in [4.78, 5) is 11.7. The third-order valence-corrected chi connectivity index (χ3v) is 2.90. The standard InChI is InChI=1S/C10H9BrO.2C2H6/c1-10(11)6-7-4-2-3-5-8(7)9(10)12;2*1-2/h2-5H,6H2,1H3;2*1-2H3. The molecule has 0 amide bonds. The zero-order valence-electron chi connectivity index (χ0n) is 10.8. The Bertz CT molecular complexity index is 342. The van der Waals surface area contributed by atoms with Crippen LogP contribution in [0.15, 0.2) is 24.3 Å². The maximum absolute atomic E-state index is 11.7. The molecule has 0 spiro atoms. The van der Waals surface area contributed by atoms with Crippen molar-refractivity contribution in [3.05, 3.63) is 35.4 Å². The van der Waals surface area contributed by atoms with E-state index in [-0.39, 0.29) is 10.1 Å². The monoisotopic (exact) mass is 284 g/mol. The van der Waals surface area contributed by atoms with Gasteiger partial charge in [-0.05, 0) is 18.9 Å². The second-order valence-electron chi connectivity index (χ2n) is 3.36. The Balaban J connectivity index is 0.000000509. The molecule has 2 rings (SSSR count). The number of carbonyl (C=O) groups is 1. The van der Waals surface area contributed by atoms with Crippen molar-refractivity contribution in [2.75, 3.05) is 0 Å². The average molecular weight is 285 g/mol. The molecule has 1 nitrogen and oxygen atoms in total. The fourth-order valence-electron chi connectivity index (χ4n) is 1.61. The number of fused-ring (bicyclic) bond motifs is 1. The lowest BCUT2D eigenvalue weighted by Crippen LogP contribution is -2.23. The molecule has 0 fully saturated rings. The molecule has 0 bridgehead atoms. The van der Waals surface area contributed by atoms with E-state index >= 15 is 0 Å². The topological polar surface area (TPSA) is 17.1 Å². The van der Waals surface area contributed by atoms with Crippen LogP contribution in [0.25, 0.3) is 0 Å². The highest BCUT2D eigenvalue weighted by molar-refractivity contribution is 9.10. The smallest absolute Gasteiger partial charge is 0.179 e. The first-order valence-electron chi connectivity index (χ1n) is 5.93. The molecule has 1 aliphatic rings. The number of alkyl halides is 1. The number of benzene rings is 1. The van der Waals surface area contributed by atoms with Crippen molar-refractivity contribution >= 4 is 21.7 Å². The Labute approximate surface area is 107 Å². The second kappa shape index (κ2) is 6.85. The van der Waals surface area contributed by atoms with Crippen molar-refractivity contribution in [3.8, 4) is 0 Å². The molecule has 0 N–H and O–H groups in total. The highest BCUT2D eigenvalue weighted by atomic mass is 79.9. The minimum Gasteiger partial charge on any atom is -0.293 e. The van der Waals surface area contributed by atoms with Crippen molar-refractivity contribution in [1.29, 1.82) is 0 Å². The molecule has 2 heteroatoms. The Morgan fingerprint density at radius 2 is 1.62 bits per heavy atom. The number of hydrogen-bond acceptors (Lipinski definition) is 1. The van der Waals surface area contributed by atoms with Crippen LogP contribution in [0.4, 0.5) is 0 Å². The van der Waals surface area contributed by atoms with Crippen LogP contribution in [0.1, 0.15) is 50.5 Å². The Kier molecular flexibility index (Phi) is 6.58. The Morgan fingerprint density at radius 1 is 1.12 bits per heavy atom. The van der Waals surface area contributed by atoms with Gasteiger partial charge in [0.2, 0.25) is 0 Å². The highest BCUT2D eigenvalue weighted by Gasteiger charge is 2.38. The lowest BCUT2D eigenvalue weighted by Gasteiger charge is -2.10. The van der Waals surface area contributed by atoms with Crippen LogP contribution in [0, 0.1) is 0 Å². The molecule has 16 heavy (non-hydrogen) atoms. The van der Waals surface area contributed by atoms with Gasteiger partial charge in [-0.2, -0.15) is 0 Å². The first-order chi connectivity index (χ1) is 7.61. The molecule has 1 aromatic carbocycles. The number of hydrogen-bond donors (Lipinski definition) is 0. The fourth-order valence-corrected chi connectivity index (χ4v) is 2.13. The van der Waals surface area contributed by atoms with Crippen molar-refractivity contribution in [3.63, 3.8) is 0 Å². The van der Waals surface area contributed by atoms with Gasteiger partial charge in [0, 0.05) is 5.56 Å². The van der Waals surface area contributed by atoms with E-state index in [1.165, 1.54) is 0 Å². The van der Waals surface area contributed by atoms with E-state index in [1.807, 2.05) is 58.9 Å². The van der Waals surface area contributed by atoms with E-state index < -0.39 is 0 Å². The molecule has 0 aromatic heterocycles. The van der Waals surface area contributed by atoms with E-state index in [4.69, 9.17) is 0 Å². The zero-order valence-corrected chi connectivity index (χ0v) is 12.4. The summed E-state index contributed by atoms with van der Waals surface area (Å²) < 4.78 is -0.364. The number of halogens is 1. The molecular weight excluding hydrogens is 264 g/mol. The van der Waals surface area contributed by atoms with Crippen LogP contribution in [0.5, 0.6) is 0 Å². The summed E-state index contributed by atoms with van der Waals surface area (Å²) in [5.74, 6) is 0.207. The molecular formula is C14H21BrO. The van der Waals surface area contributed by atoms with Gasteiger partial charge >= 0.3 is 0 Å². The number of rotatable bonds is 0. The molecule has 1 aromatic rings. The van der Waals surface area contributed by atoms with Gasteiger partial charge in [-0.3, -0.25) is 4.79 Å². The van der Waals surface area contributed by atoms with Crippen molar-refractivity contribution in [2.45, 2.75) is 45.4 Å². The predicted octanol–water partition coefficient (Wildman–Crippen LogP) is 4.63. The minimum absolute atomic E-state index is 0.207. The summed E-state index contributed by atoms with van der Waals surface area (Å²) in [5, 5.41) is 0. The molecule has 0 radical (unpaired) electrons. The lowest BCUT2D eigenvalue weighted by molar-refractivity contribution is 0.0968. The van der Waals surface area contributed by atoms with Crippen molar-refractivity contribution < 1.29 is 4.79 Å². The van der Waals surface area contributed by atoms with Gasteiger partial charge in [0.1, 0.15) is 0 Å². The van der Waals surface area contributed by atoms with Gasteiger partial charge in [0.15, 0.2) is 5.78 Å². The maximum atomic E-state index is 11.7. The molecule has 0 saturated heterocycles. The SMILES string of the molecule is CC.CC.CC1(Br)Cc2ccccc2C1=O. The minimum atomic E-state index is -0.364. The largest absolute Gasteiger partial charge is 0.293 e. The third-order valence-electron chi connectivity index (χ3n) is 2.26. The van der Waals surface area contributed by atoms with Gasteiger partial charge in [-0.25, -0.2) is 0 Å². The van der Waals surface area contributed by atoms with Gasteiger partial charge in [0.25, 0.3) is 0 Å². The summed E-state index contributed by atoms with van der Waals surface area (Å²) >= 11 is 3.44. The van der Waals surface area contributed by atoms with E-state index in [2.05, 4.69) is 15.9 Å². The van der Waals surface area contributed by atoms with Crippen LogP contribution >= 0.6 is 15.9 Å². The number of carbonyl (C=O) groups excluding carboxylic acids is 1. The van der Waals surface area contributed by atoms with Crippen LogP contribution in [0.2, 0.25) is 0 Å². The van der Waals surface area contributed by atoms with Crippen LogP contribution in [-0.2, 0) is 6.42 Å². The summed E-state index contributed by atoms with van der Waals surface area (Å²) in [5.41, 5.74) is 2.03. The first kappa shape index (κ1) is 15.4. The normalized spacial score (nSPS) is 21.2. The summed E-state index contributed by atoms with van der Waals surface area (Å²) in [6.07, 6.45) is 0.808. The van der Waals surface area contributed by atoms with Crippen molar-refractivity contribution in [2.24, 2.45) is 0 Å². The predicted molar refractivity (Wildman–Crippen MR) is 74.5 cm³/mol. The number of Topliss-reactive ketones (excluding diaryl/α,β-unsaturated/α-hetero) is 1. The van der Waals surface area contributed by atoms with Crippen molar-refractivity contribution in [1.82, 2.24) is 0 Å². The average Bonchev–Trinajstić information content (AvgIpc) is 2.56. The van der Waals surface area contributed by atoms with E-state index in [1.54, 1.807) is 0 Å². The van der Waals surface area contributed by atoms with Crippen LogP contribution in [-0.4, -0.2) is 10.1 Å². The zero-order chi connectivity index (χ0) is 12.8. The van der Waals surface area contributed by atoms with Gasteiger partial charge in [-0.15, -0.1) is 0 Å². The first-order valence-corrected chi connectivity index (χ1v) is 6.72. The summed E-state index contributed by atoms with van der Waals surface area (Å²) in [6, 6.07) is 7.79. The molecule has 90 valence electrons. The lowest BCUT2D eigenvalue weighted by atomic mass is 10.1. The molecule has 0 heterocycles. The van der Waals surface area contributed by atoms with E-state index in [0.717, 1.165) is 17.5 Å². The van der Waals surface area contributed by atoms with Gasteiger partial charge in [0.05, 0.1) is 4.32 Å². The fraction of sp³-hybridized carbons (Fsp3) is 0.500. The van der Waals surface area contributed by atoms with Crippen LogP contribution in [0.3, 0.4) is 0 Å². The quantitative estimate of drug-likeness (QED) is 0.635. The highest BCUT2D eigenvalue weighted by Crippen LogP contribution is 2.35. The summed E-state index contributed by atoms with van der Waals surface area (Å²) in [7, 11) is 0. The maximum Gasteiger partial charge on any atom is 0.179 e. The summed E-state index contributed by atoms with van der Waals surface area (Å²) in [6.45, 7) is 9.93. The molecule has 1 atom stereocenters. The van der Waals surface area contributed by atoms with E-state index in [9.17, 15) is 4.79 Å². The van der Waals surface area contributed by atoms with Gasteiger partial charge < -0.3 is 0 Å². The van der Waals surface area contributed by atoms with E-state index in [0.29, 0.717) is 0 Å². The third kappa shape index (κ3) is 3.18. The molecule has 0 aliphatic heterocycles.